The minimum Gasteiger partial charge on any atom is -0.342 e. The molecule has 1 fully saturated rings. The van der Waals surface area contributed by atoms with Gasteiger partial charge in [-0.3, -0.25) is 9.59 Å². The summed E-state index contributed by atoms with van der Waals surface area (Å²) in [5, 5.41) is 3.54. The van der Waals surface area contributed by atoms with Crippen LogP contribution < -0.4 is 0 Å². The molecule has 0 atom stereocenters. The molecule has 0 saturated carbocycles. The Hall–Kier alpha value is -2.70. The van der Waals surface area contributed by atoms with Crippen molar-refractivity contribution in [1.82, 2.24) is 14.8 Å². The molecule has 1 saturated heterocycles. The fourth-order valence-electron chi connectivity index (χ4n) is 4.70. The Kier molecular flexibility index (Phi) is 6.47. The first-order chi connectivity index (χ1) is 16.1. The molecule has 5 rings (SSSR count). The number of carbonyl (C=O) groups is 2. The molecule has 2 amide bonds. The van der Waals surface area contributed by atoms with Crippen molar-refractivity contribution < 1.29 is 9.59 Å². The van der Waals surface area contributed by atoms with Crippen LogP contribution >= 0.6 is 22.9 Å². The molecule has 1 aromatic heterocycles. The molecule has 0 unspecified atom stereocenters. The molecule has 0 radical (unpaired) electrons. The number of likely N-dealkylation sites (tertiary alicyclic amines) is 1. The molecule has 3 heterocycles. The number of halogens is 1. The number of piperidine rings is 1. The summed E-state index contributed by atoms with van der Waals surface area (Å²) in [7, 11) is 0. The maximum atomic E-state index is 13.1. The van der Waals surface area contributed by atoms with Gasteiger partial charge in [-0.15, -0.1) is 11.3 Å². The van der Waals surface area contributed by atoms with Crippen LogP contribution in [0.4, 0.5) is 0 Å². The van der Waals surface area contributed by atoms with Crippen LogP contribution in [0.25, 0.3) is 0 Å². The van der Waals surface area contributed by atoms with Gasteiger partial charge in [-0.2, -0.15) is 0 Å². The summed E-state index contributed by atoms with van der Waals surface area (Å²) >= 11 is 7.78. The molecule has 3 aromatic rings. The number of amides is 2. The number of benzene rings is 2. The van der Waals surface area contributed by atoms with Crippen LogP contribution in [0.1, 0.15) is 50.9 Å². The molecule has 0 bridgehead atoms. The molecule has 5 nitrogen and oxygen atoms in total. The van der Waals surface area contributed by atoms with Gasteiger partial charge < -0.3 is 9.80 Å². The second-order valence-corrected chi connectivity index (χ2v) is 10.0. The number of hydrogen-bond acceptors (Lipinski definition) is 4. The van der Waals surface area contributed by atoms with Gasteiger partial charge in [0, 0.05) is 42.5 Å². The third-order valence-electron chi connectivity index (χ3n) is 6.66. The third kappa shape index (κ3) is 4.82. The molecule has 7 heteroatoms. The number of thiazole rings is 1. The predicted molar refractivity (Wildman–Crippen MR) is 131 cm³/mol. The monoisotopic (exact) mass is 479 g/mol. The van der Waals surface area contributed by atoms with Gasteiger partial charge in [0.1, 0.15) is 5.69 Å². The van der Waals surface area contributed by atoms with Gasteiger partial charge in [0.05, 0.1) is 11.4 Å². The maximum absolute atomic E-state index is 13.1. The Morgan fingerprint density at radius 3 is 2.48 bits per heavy atom. The van der Waals surface area contributed by atoms with E-state index in [0.717, 1.165) is 36.4 Å². The van der Waals surface area contributed by atoms with E-state index in [4.69, 9.17) is 16.6 Å². The minimum atomic E-state index is 0.0133. The van der Waals surface area contributed by atoms with E-state index in [1.165, 1.54) is 11.1 Å². The van der Waals surface area contributed by atoms with Gasteiger partial charge in [0.25, 0.3) is 5.91 Å². The van der Waals surface area contributed by atoms with Crippen molar-refractivity contribution in [3.8, 4) is 0 Å². The van der Waals surface area contributed by atoms with Crippen LogP contribution in [-0.2, 0) is 24.2 Å². The average Bonchev–Trinajstić information content (AvgIpc) is 3.35. The summed E-state index contributed by atoms with van der Waals surface area (Å²) in [4.78, 5) is 34.3. The van der Waals surface area contributed by atoms with Crippen LogP contribution in [0, 0.1) is 0 Å². The van der Waals surface area contributed by atoms with Crippen LogP contribution in [0.5, 0.6) is 0 Å². The standard InChI is InChI=1S/C26H26ClN3O2S/c27-22-8-4-3-6-20(22)15-24(31)29-12-10-19(11-13-29)25-28-23(17-33-25)26(32)30-14-9-18-5-1-2-7-21(18)16-30/h1-8,17,19H,9-16H2. The number of carbonyl (C=O) groups excluding carboxylic acids is 2. The Balaban J connectivity index is 1.17. The van der Waals surface area contributed by atoms with E-state index in [9.17, 15) is 9.59 Å². The van der Waals surface area contributed by atoms with E-state index in [2.05, 4.69) is 18.2 Å². The first kappa shape index (κ1) is 22.1. The van der Waals surface area contributed by atoms with Gasteiger partial charge in [0.2, 0.25) is 5.91 Å². The van der Waals surface area contributed by atoms with Crippen molar-refractivity contribution in [3.63, 3.8) is 0 Å². The van der Waals surface area contributed by atoms with Gasteiger partial charge in [0.15, 0.2) is 0 Å². The van der Waals surface area contributed by atoms with Gasteiger partial charge in [-0.1, -0.05) is 54.1 Å². The lowest BCUT2D eigenvalue weighted by Crippen LogP contribution is -2.39. The molecular formula is C26H26ClN3O2S. The molecule has 0 aliphatic carbocycles. The summed E-state index contributed by atoms with van der Waals surface area (Å²) in [5.41, 5.74) is 3.97. The molecular weight excluding hydrogens is 454 g/mol. The number of rotatable bonds is 4. The summed E-state index contributed by atoms with van der Waals surface area (Å²) in [5.74, 6) is 0.421. The quantitative estimate of drug-likeness (QED) is 0.532. The third-order valence-corrected chi connectivity index (χ3v) is 8.03. The number of hydrogen-bond donors (Lipinski definition) is 0. The van der Waals surface area contributed by atoms with Gasteiger partial charge >= 0.3 is 0 Å². The van der Waals surface area contributed by atoms with E-state index in [1.54, 1.807) is 11.3 Å². The molecule has 2 aromatic carbocycles. The number of nitrogens with zero attached hydrogens (tertiary/aromatic N) is 3. The molecule has 0 spiro atoms. The van der Waals surface area contributed by atoms with Crippen molar-refractivity contribution >= 4 is 34.8 Å². The average molecular weight is 480 g/mol. The van der Waals surface area contributed by atoms with Crippen LogP contribution in [0.3, 0.4) is 0 Å². The van der Waals surface area contributed by atoms with Crippen LogP contribution in [-0.4, -0.2) is 46.2 Å². The SMILES string of the molecule is O=C(Cc1ccccc1Cl)N1CCC(c2nc(C(=O)N3CCc4ccccc4C3)cs2)CC1. The second kappa shape index (κ2) is 9.65. The van der Waals surface area contributed by atoms with Crippen molar-refractivity contribution in [3.05, 3.63) is 86.3 Å². The van der Waals surface area contributed by atoms with Crippen molar-refractivity contribution in [2.24, 2.45) is 0 Å². The van der Waals surface area contributed by atoms with E-state index >= 15 is 0 Å². The van der Waals surface area contributed by atoms with Crippen molar-refractivity contribution in [2.75, 3.05) is 19.6 Å². The van der Waals surface area contributed by atoms with Crippen molar-refractivity contribution in [1.29, 1.82) is 0 Å². The lowest BCUT2D eigenvalue weighted by molar-refractivity contribution is -0.131. The summed E-state index contributed by atoms with van der Waals surface area (Å²) in [6.07, 6.45) is 2.96. The van der Waals surface area contributed by atoms with Gasteiger partial charge in [-0.25, -0.2) is 4.98 Å². The Morgan fingerprint density at radius 1 is 0.970 bits per heavy atom. The largest absolute Gasteiger partial charge is 0.342 e. The first-order valence-electron chi connectivity index (χ1n) is 11.4. The Morgan fingerprint density at radius 2 is 1.70 bits per heavy atom. The number of aromatic nitrogens is 1. The maximum Gasteiger partial charge on any atom is 0.273 e. The fourth-order valence-corrected chi connectivity index (χ4v) is 5.86. The Labute approximate surface area is 203 Å². The van der Waals surface area contributed by atoms with Crippen LogP contribution in [0.15, 0.2) is 53.9 Å². The summed E-state index contributed by atoms with van der Waals surface area (Å²) in [6, 6.07) is 15.8. The predicted octanol–water partition coefficient (Wildman–Crippen LogP) is 4.94. The zero-order valence-corrected chi connectivity index (χ0v) is 19.9. The highest BCUT2D eigenvalue weighted by Gasteiger charge is 2.28. The van der Waals surface area contributed by atoms with E-state index < -0.39 is 0 Å². The highest BCUT2D eigenvalue weighted by Crippen LogP contribution is 2.31. The van der Waals surface area contributed by atoms with Gasteiger partial charge in [-0.05, 0) is 42.0 Å². The smallest absolute Gasteiger partial charge is 0.273 e. The van der Waals surface area contributed by atoms with Crippen LogP contribution in [0.2, 0.25) is 5.02 Å². The second-order valence-electron chi connectivity index (χ2n) is 8.74. The summed E-state index contributed by atoms with van der Waals surface area (Å²) < 4.78 is 0. The lowest BCUT2D eigenvalue weighted by Gasteiger charge is -2.31. The molecule has 2 aliphatic heterocycles. The normalized spacial score (nSPS) is 16.5. The highest BCUT2D eigenvalue weighted by molar-refractivity contribution is 7.09. The topological polar surface area (TPSA) is 53.5 Å². The first-order valence-corrected chi connectivity index (χ1v) is 12.7. The lowest BCUT2D eigenvalue weighted by atomic mass is 9.97. The molecule has 2 aliphatic rings. The zero-order chi connectivity index (χ0) is 22.8. The van der Waals surface area contributed by atoms with Crippen molar-refractivity contribution in [2.45, 2.75) is 38.1 Å². The Bertz CT molecular complexity index is 1170. The highest BCUT2D eigenvalue weighted by atomic mass is 35.5. The minimum absolute atomic E-state index is 0.0133. The van der Waals surface area contributed by atoms with E-state index in [1.807, 2.05) is 45.5 Å². The van der Waals surface area contributed by atoms with E-state index in [-0.39, 0.29) is 11.8 Å². The van der Waals surface area contributed by atoms with E-state index in [0.29, 0.717) is 42.7 Å². The molecule has 33 heavy (non-hydrogen) atoms. The number of fused-ring (bicyclic) bond motifs is 1. The molecule has 0 N–H and O–H groups in total. The summed E-state index contributed by atoms with van der Waals surface area (Å²) in [6.45, 7) is 2.79. The fraction of sp³-hybridized carbons (Fsp3) is 0.346. The zero-order valence-electron chi connectivity index (χ0n) is 18.4. The molecule has 170 valence electrons.